The first-order valence-electron chi connectivity index (χ1n) is 10.3. The second-order valence-electron chi connectivity index (χ2n) is 7.84. The van der Waals surface area contributed by atoms with E-state index in [0.29, 0.717) is 12.8 Å². The predicted octanol–water partition coefficient (Wildman–Crippen LogP) is 3.83. The summed E-state index contributed by atoms with van der Waals surface area (Å²) in [7, 11) is 0. The average Bonchev–Trinajstić information content (AvgIpc) is 3.33. The summed E-state index contributed by atoms with van der Waals surface area (Å²) in [6.07, 6.45) is 4.93. The molecule has 0 aliphatic carbocycles. The first-order valence-corrected chi connectivity index (χ1v) is 10.3. The molecule has 6 nitrogen and oxygen atoms in total. The van der Waals surface area contributed by atoms with Crippen LogP contribution in [-0.4, -0.2) is 25.7 Å². The number of amides is 1. The molecule has 0 radical (unpaired) electrons. The van der Waals surface area contributed by atoms with Gasteiger partial charge in [0, 0.05) is 41.5 Å². The van der Waals surface area contributed by atoms with Crippen LogP contribution in [0.4, 0.5) is 0 Å². The fourth-order valence-corrected chi connectivity index (χ4v) is 4.30. The predicted molar refractivity (Wildman–Crippen MR) is 117 cm³/mol. The smallest absolute Gasteiger partial charge is 0.217 e. The van der Waals surface area contributed by atoms with Gasteiger partial charge in [0.1, 0.15) is 5.69 Å². The highest BCUT2D eigenvalue weighted by molar-refractivity contribution is 5.99. The number of carbonyl (C=O) groups excluding carboxylic acids is 1. The number of aromatic nitrogens is 4. The van der Waals surface area contributed by atoms with E-state index in [1.54, 1.807) is 0 Å². The molecule has 0 spiro atoms. The molecule has 3 aromatic heterocycles. The van der Waals surface area contributed by atoms with E-state index in [-0.39, 0.29) is 5.91 Å². The van der Waals surface area contributed by atoms with Crippen LogP contribution in [0, 0.1) is 6.92 Å². The zero-order chi connectivity index (χ0) is 20.7. The van der Waals surface area contributed by atoms with E-state index in [1.165, 1.54) is 5.69 Å². The third kappa shape index (κ3) is 3.24. The van der Waals surface area contributed by atoms with Crippen molar-refractivity contribution in [2.24, 2.45) is 5.73 Å². The number of nitrogens with zero attached hydrogens (tertiary/aromatic N) is 4. The average molecular weight is 397 g/mol. The van der Waals surface area contributed by atoms with Crippen molar-refractivity contribution in [1.82, 2.24) is 19.7 Å². The van der Waals surface area contributed by atoms with Crippen molar-refractivity contribution in [2.75, 3.05) is 0 Å². The lowest BCUT2D eigenvalue weighted by Gasteiger charge is -2.10. The van der Waals surface area contributed by atoms with Crippen LogP contribution in [0.1, 0.15) is 29.8 Å². The van der Waals surface area contributed by atoms with Gasteiger partial charge in [0.15, 0.2) is 0 Å². The molecule has 1 aliphatic rings. The number of aryl methyl sites for hydroxylation is 3. The van der Waals surface area contributed by atoms with Gasteiger partial charge in [-0.05, 0) is 61.6 Å². The van der Waals surface area contributed by atoms with Crippen LogP contribution >= 0.6 is 0 Å². The topological polar surface area (TPSA) is 86.7 Å². The fraction of sp³-hybridized carbons (Fsp3) is 0.250. The minimum Gasteiger partial charge on any atom is -0.370 e. The van der Waals surface area contributed by atoms with Crippen LogP contribution in [-0.2, 0) is 24.2 Å². The summed E-state index contributed by atoms with van der Waals surface area (Å²) in [5.41, 5.74) is 13.6. The number of benzene rings is 1. The molecule has 4 heterocycles. The van der Waals surface area contributed by atoms with Gasteiger partial charge in [-0.2, -0.15) is 5.10 Å². The molecule has 6 heteroatoms. The molecular formula is C24H23N5O. The Morgan fingerprint density at radius 3 is 2.93 bits per heavy atom. The molecule has 2 N–H and O–H groups in total. The minimum atomic E-state index is -0.289. The summed E-state index contributed by atoms with van der Waals surface area (Å²) >= 11 is 0. The lowest BCUT2D eigenvalue weighted by atomic mass is 9.95. The molecule has 0 saturated carbocycles. The summed E-state index contributed by atoms with van der Waals surface area (Å²) in [4.78, 5) is 20.5. The van der Waals surface area contributed by atoms with Gasteiger partial charge in [0.25, 0.3) is 0 Å². The van der Waals surface area contributed by atoms with Crippen LogP contribution in [0.3, 0.4) is 0 Å². The van der Waals surface area contributed by atoms with Gasteiger partial charge >= 0.3 is 0 Å². The molecule has 0 saturated heterocycles. The molecule has 0 bridgehead atoms. The Bertz CT molecular complexity index is 1270. The first kappa shape index (κ1) is 18.5. The molecule has 30 heavy (non-hydrogen) atoms. The number of hydrogen-bond donors (Lipinski definition) is 1. The standard InChI is InChI=1S/C24H23N5O/c1-15-4-2-5-19(27-15)24-23(21-6-3-13-29(21)28-24)18-11-12-26-20-14-16(7-9-17(18)20)8-10-22(25)30/h2,4-5,7,9,11-12,14H,3,6,8,10,13H2,1H3,(H2,25,30). The maximum atomic E-state index is 11.1. The maximum Gasteiger partial charge on any atom is 0.217 e. The fourth-order valence-electron chi connectivity index (χ4n) is 4.30. The zero-order valence-electron chi connectivity index (χ0n) is 16.9. The van der Waals surface area contributed by atoms with E-state index < -0.39 is 0 Å². The molecule has 1 aromatic carbocycles. The van der Waals surface area contributed by atoms with Gasteiger partial charge in [-0.15, -0.1) is 0 Å². The largest absolute Gasteiger partial charge is 0.370 e. The van der Waals surface area contributed by atoms with Gasteiger partial charge in [-0.1, -0.05) is 18.2 Å². The van der Waals surface area contributed by atoms with Crippen LogP contribution in [0.15, 0.2) is 48.7 Å². The van der Waals surface area contributed by atoms with E-state index in [9.17, 15) is 4.79 Å². The van der Waals surface area contributed by atoms with E-state index >= 15 is 0 Å². The molecule has 1 amide bonds. The molecule has 0 atom stereocenters. The third-order valence-electron chi connectivity index (χ3n) is 5.71. The molecule has 4 aromatic rings. The van der Waals surface area contributed by atoms with E-state index in [1.807, 2.05) is 31.3 Å². The molecular weight excluding hydrogens is 374 g/mol. The first-order chi connectivity index (χ1) is 14.6. The summed E-state index contributed by atoms with van der Waals surface area (Å²) in [6, 6.07) is 14.3. The number of nitrogens with two attached hydrogens (primary N) is 1. The minimum absolute atomic E-state index is 0.289. The molecule has 1 aliphatic heterocycles. The highest BCUT2D eigenvalue weighted by Gasteiger charge is 2.25. The zero-order valence-corrected chi connectivity index (χ0v) is 16.9. The van der Waals surface area contributed by atoms with Crippen molar-refractivity contribution in [3.8, 4) is 22.5 Å². The lowest BCUT2D eigenvalue weighted by molar-refractivity contribution is -0.117. The van der Waals surface area contributed by atoms with Crippen molar-refractivity contribution in [3.63, 3.8) is 0 Å². The SMILES string of the molecule is Cc1cccc(-c2nn3c(c2-c2ccnc4cc(CCC(N)=O)ccc24)CCC3)n1. The second-order valence-corrected chi connectivity index (χ2v) is 7.84. The quantitative estimate of drug-likeness (QED) is 0.554. The van der Waals surface area contributed by atoms with Crippen LogP contribution in [0.5, 0.6) is 0 Å². The van der Waals surface area contributed by atoms with Gasteiger partial charge in [-0.25, -0.2) is 0 Å². The summed E-state index contributed by atoms with van der Waals surface area (Å²) in [5, 5.41) is 6.01. The highest BCUT2D eigenvalue weighted by atomic mass is 16.1. The molecule has 5 rings (SSSR count). The summed E-state index contributed by atoms with van der Waals surface area (Å²) < 4.78 is 2.13. The monoisotopic (exact) mass is 397 g/mol. The Morgan fingerprint density at radius 2 is 2.10 bits per heavy atom. The number of pyridine rings is 2. The van der Waals surface area contributed by atoms with E-state index in [4.69, 9.17) is 15.8 Å². The molecule has 150 valence electrons. The van der Waals surface area contributed by atoms with Crippen molar-refractivity contribution < 1.29 is 4.79 Å². The van der Waals surface area contributed by atoms with E-state index in [2.05, 4.69) is 33.9 Å². The highest BCUT2D eigenvalue weighted by Crippen LogP contribution is 2.39. The molecule has 0 fully saturated rings. The Labute approximate surface area is 174 Å². The second kappa shape index (κ2) is 7.37. The summed E-state index contributed by atoms with van der Waals surface area (Å²) in [5.74, 6) is -0.289. The normalized spacial score (nSPS) is 13.0. The molecule has 0 unspecified atom stereocenters. The Morgan fingerprint density at radius 1 is 1.20 bits per heavy atom. The van der Waals surface area contributed by atoms with Gasteiger partial charge < -0.3 is 5.73 Å². The third-order valence-corrected chi connectivity index (χ3v) is 5.71. The van der Waals surface area contributed by atoms with Gasteiger partial charge in [-0.3, -0.25) is 19.4 Å². The van der Waals surface area contributed by atoms with Gasteiger partial charge in [0.05, 0.1) is 11.2 Å². The van der Waals surface area contributed by atoms with Gasteiger partial charge in [0.2, 0.25) is 5.91 Å². The van der Waals surface area contributed by atoms with Crippen molar-refractivity contribution in [1.29, 1.82) is 0 Å². The number of rotatable bonds is 5. The van der Waals surface area contributed by atoms with Crippen LogP contribution in [0.25, 0.3) is 33.4 Å². The van der Waals surface area contributed by atoms with Crippen molar-refractivity contribution in [3.05, 3.63) is 65.6 Å². The van der Waals surface area contributed by atoms with Crippen molar-refractivity contribution in [2.45, 2.75) is 39.2 Å². The summed E-state index contributed by atoms with van der Waals surface area (Å²) in [6.45, 7) is 2.94. The number of hydrogen-bond acceptors (Lipinski definition) is 4. The Balaban J connectivity index is 1.68. The Kier molecular flexibility index (Phi) is 4.54. The van der Waals surface area contributed by atoms with Crippen molar-refractivity contribution >= 4 is 16.8 Å². The lowest BCUT2D eigenvalue weighted by Crippen LogP contribution is -2.11. The maximum absolute atomic E-state index is 11.1. The number of carbonyl (C=O) groups is 1. The van der Waals surface area contributed by atoms with Crippen LogP contribution in [0.2, 0.25) is 0 Å². The van der Waals surface area contributed by atoms with E-state index in [0.717, 1.165) is 64.1 Å². The number of fused-ring (bicyclic) bond motifs is 2. The Hall–Kier alpha value is -3.54. The number of primary amides is 1. The van der Waals surface area contributed by atoms with Crippen LogP contribution < -0.4 is 5.73 Å².